The second-order valence-electron chi connectivity index (χ2n) is 2.74. The molecule has 0 aromatic heterocycles. The second kappa shape index (κ2) is 2.81. The molecule has 0 radical (unpaired) electrons. The lowest BCUT2D eigenvalue weighted by molar-refractivity contribution is -0.109. The molecule has 2 nitrogen and oxygen atoms in total. The van der Waals surface area contributed by atoms with Crippen LogP contribution in [-0.2, 0) is 4.79 Å². The Bertz CT molecular complexity index is 335. The molecule has 0 saturated carbocycles. The third kappa shape index (κ3) is 1.01. The van der Waals surface area contributed by atoms with Crippen molar-refractivity contribution in [3.8, 4) is 0 Å². The summed E-state index contributed by atoms with van der Waals surface area (Å²) in [4.78, 5) is 10.6. The molecular weight excluding hydrogens is 150 g/mol. The van der Waals surface area contributed by atoms with Gasteiger partial charge in [-0.25, -0.2) is 0 Å². The maximum Gasteiger partial charge on any atom is 1.00 e. The van der Waals surface area contributed by atoms with E-state index in [4.69, 9.17) is 0 Å². The fourth-order valence-electron chi connectivity index (χ4n) is 1.39. The molecule has 0 aliphatic carbocycles. The second-order valence-corrected chi connectivity index (χ2v) is 2.74. The molecule has 1 aromatic rings. The Labute approximate surface area is 72.4 Å². The number of rotatable bonds is 1. The van der Waals surface area contributed by atoms with E-state index in [0.29, 0.717) is 0 Å². The van der Waals surface area contributed by atoms with Crippen LogP contribution in [0.5, 0.6) is 0 Å². The highest BCUT2D eigenvalue weighted by molar-refractivity contribution is 5.69. The average molecular weight is 160 g/mol. The number of aldehydes is 1. The van der Waals surface area contributed by atoms with Gasteiger partial charge in [0, 0.05) is 0 Å². The topological polar surface area (TPSA) is 29.1 Å². The van der Waals surface area contributed by atoms with E-state index in [-0.39, 0.29) is 7.47 Å². The van der Waals surface area contributed by atoms with Crippen LogP contribution in [0.15, 0.2) is 30.5 Å². The molecule has 1 N–H and O–H groups in total. The number of hydrogen-bond acceptors (Lipinski definition) is 2. The van der Waals surface area contributed by atoms with E-state index in [1.54, 1.807) is 6.20 Å². The van der Waals surface area contributed by atoms with Crippen LogP contribution < -0.4 is 5.32 Å². The maximum atomic E-state index is 10.6. The van der Waals surface area contributed by atoms with Crippen LogP contribution in [0.4, 0.5) is 0 Å². The predicted octanol–water partition coefficient (Wildman–Crippen LogP) is 1.61. The number of nitrogens with one attached hydrogen (secondary N) is 1. The molecule has 2 rings (SSSR count). The first-order chi connectivity index (χ1) is 5.92. The summed E-state index contributed by atoms with van der Waals surface area (Å²) in [5, 5.41) is 2.98. The van der Waals surface area contributed by atoms with Crippen molar-refractivity contribution in [3.63, 3.8) is 0 Å². The van der Waals surface area contributed by atoms with Gasteiger partial charge in [0.1, 0.15) is 12.3 Å². The minimum atomic E-state index is -0.175. The molecule has 0 saturated heterocycles. The van der Waals surface area contributed by atoms with E-state index in [0.717, 1.165) is 17.4 Å². The van der Waals surface area contributed by atoms with Crippen molar-refractivity contribution in [1.82, 2.24) is 5.32 Å². The summed E-state index contributed by atoms with van der Waals surface area (Å²) < 4.78 is 0. The van der Waals surface area contributed by atoms with Crippen LogP contribution in [0, 0.1) is 0 Å². The minimum Gasteiger partial charge on any atom is -0.378 e. The summed E-state index contributed by atoms with van der Waals surface area (Å²) in [7, 11) is 0. The zero-order valence-electron chi connectivity index (χ0n) is 7.53. The van der Waals surface area contributed by atoms with Crippen LogP contribution in [0.2, 0.25) is 0 Å². The van der Waals surface area contributed by atoms with Crippen molar-refractivity contribution in [2.75, 3.05) is 0 Å². The van der Waals surface area contributed by atoms with Gasteiger partial charge in [0.05, 0.1) is 0 Å². The molecule has 12 heavy (non-hydrogen) atoms. The summed E-state index contributed by atoms with van der Waals surface area (Å²) in [6.07, 6.45) is 4.69. The van der Waals surface area contributed by atoms with Gasteiger partial charge in [-0.15, -0.1) is 0 Å². The molecule has 1 aromatic carbocycles. The number of carbonyl (C=O) groups is 1. The zero-order chi connectivity index (χ0) is 8.39. The van der Waals surface area contributed by atoms with Gasteiger partial charge in [-0.05, 0) is 23.4 Å². The molecule has 1 aliphatic heterocycles. The highest BCUT2D eigenvalue weighted by atomic mass is 16.1. The summed E-state index contributed by atoms with van der Waals surface area (Å²) in [6.45, 7) is 0. The Morgan fingerprint density at radius 3 is 3.08 bits per heavy atom. The standard InChI is InChI=1S/C10H9NO/c12-7-10-9-4-2-1-3-8(9)5-6-11-10/h1-7,10-11H/p+1. The van der Waals surface area contributed by atoms with E-state index >= 15 is 0 Å². The fourth-order valence-corrected chi connectivity index (χ4v) is 1.39. The van der Waals surface area contributed by atoms with Crippen molar-refractivity contribution >= 4 is 12.4 Å². The van der Waals surface area contributed by atoms with Gasteiger partial charge in [-0.2, -0.15) is 0 Å². The predicted molar refractivity (Wildman–Crippen MR) is 48.5 cm³/mol. The van der Waals surface area contributed by atoms with Crippen molar-refractivity contribution in [2.24, 2.45) is 0 Å². The van der Waals surface area contributed by atoms with Gasteiger partial charge >= 0.3 is 1.43 Å². The summed E-state index contributed by atoms with van der Waals surface area (Å²) in [6, 6.07) is 7.70. The first-order valence-electron chi connectivity index (χ1n) is 3.88. The number of hydrogen-bond donors (Lipinski definition) is 1. The Kier molecular flexibility index (Phi) is 1.67. The number of carbonyl (C=O) groups excluding carboxylic acids is 1. The average Bonchev–Trinajstić information content (AvgIpc) is 2.17. The lowest BCUT2D eigenvalue weighted by Gasteiger charge is -2.17. The number of fused-ring (bicyclic) bond motifs is 1. The molecule has 0 bridgehead atoms. The van der Waals surface area contributed by atoms with Gasteiger partial charge in [0.15, 0.2) is 0 Å². The van der Waals surface area contributed by atoms with Crippen LogP contribution >= 0.6 is 0 Å². The van der Waals surface area contributed by atoms with Crippen LogP contribution in [0.3, 0.4) is 0 Å². The molecule has 1 heterocycles. The minimum absolute atomic E-state index is 0. The Balaban J connectivity index is 0.000000845. The molecule has 1 unspecified atom stereocenters. The first kappa shape index (κ1) is 7.10. The summed E-state index contributed by atoms with van der Waals surface area (Å²) >= 11 is 0. The van der Waals surface area contributed by atoms with Gasteiger partial charge in [0.2, 0.25) is 0 Å². The van der Waals surface area contributed by atoms with Crippen molar-refractivity contribution in [1.29, 1.82) is 0 Å². The Morgan fingerprint density at radius 2 is 2.25 bits per heavy atom. The van der Waals surface area contributed by atoms with Gasteiger partial charge < -0.3 is 10.1 Å². The van der Waals surface area contributed by atoms with Crippen LogP contribution in [0.1, 0.15) is 18.6 Å². The molecule has 0 fully saturated rings. The molecule has 0 spiro atoms. The smallest absolute Gasteiger partial charge is 0.378 e. The molecule has 1 aliphatic rings. The molecule has 0 amide bonds. The lowest BCUT2D eigenvalue weighted by atomic mass is 9.99. The normalized spacial score (nSPS) is 19.5. The van der Waals surface area contributed by atoms with Crippen LogP contribution in [-0.4, -0.2) is 6.29 Å². The summed E-state index contributed by atoms with van der Waals surface area (Å²) in [5.41, 5.74) is 2.17. The number of benzene rings is 1. The monoisotopic (exact) mass is 160 g/mol. The highest BCUT2D eigenvalue weighted by Gasteiger charge is 2.13. The van der Waals surface area contributed by atoms with E-state index in [1.165, 1.54) is 0 Å². The zero-order valence-corrected chi connectivity index (χ0v) is 6.53. The quantitative estimate of drug-likeness (QED) is 0.632. The molecular formula is C10H10NO+. The van der Waals surface area contributed by atoms with E-state index in [1.807, 2.05) is 30.3 Å². The maximum absolute atomic E-state index is 10.6. The van der Waals surface area contributed by atoms with Gasteiger partial charge in [-0.1, -0.05) is 24.3 Å². The molecule has 60 valence electrons. The van der Waals surface area contributed by atoms with Gasteiger partial charge in [-0.3, -0.25) is 0 Å². The molecule has 2 heteroatoms. The van der Waals surface area contributed by atoms with Crippen molar-refractivity contribution < 1.29 is 6.22 Å². The third-order valence-electron chi connectivity index (χ3n) is 2.01. The Morgan fingerprint density at radius 1 is 1.42 bits per heavy atom. The van der Waals surface area contributed by atoms with Crippen LogP contribution in [0.25, 0.3) is 6.08 Å². The van der Waals surface area contributed by atoms with E-state index in [9.17, 15) is 4.79 Å². The first-order valence-corrected chi connectivity index (χ1v) is 3.88. The highest BCUT2D eigenvalue weighted by Crippen LogP contribution is 2.20. The Hall–Kier alpha value is -1.57. The van der Waals surface area contributed by atoms with Crippen molar-refractivity contribution in [3.05, 3.63) is 41.6 Å². The summed E-state index contributed by atoms with van der Waals surface area (Å²) in [5.74, 6) is 0. The van der Waals surface area contributed by atoms with Gasteiger partial charge in [0.25, 0.3) is 0 Å². The third-order valence-corrected chi connectivity index (χ3v) is 2.01. The lowest BCUT2D eigenvalue weighted by Crippen LogP contribution is -2.20. The van der Waals surface area contributed by atoms with Crippen molar-refractivity contribution in [2.45, 2.75) is 6.04 Å². The van der Waals surface area contributed by atoms with E-state index in [2.05, 4.69) is 5.32 Å². The van der Waals surface area contributed by atoms with E-state index < -0.39 is 0 Å². The fraction of sp³-hybridized carbons (Fsp3) is 0.100. The largest absolute Gasteiger partial charge is 1.00 e. The molecule has 1 atom stereocenters. The SMILES string of the molecule is O=CC1NC=Cc2ccccc21.[H+].